The normalized spacial score (nSPS) is 19.4. The third-order valence-electron chi connectivity index (χ3n) is 7.63. The van der Waals surface area contributed by atoms with Crippen molar-refractivity contribution in [2.75, 3.05) is 12.4 Å². The lowest BCUT2D eigenvalue weighted by atomic mass is 9.76. The van der Waals surface area contributed by atoms with E-state index in [0.29, 0.717) is 35.0 Å². The number of halogens is 1. The van der Waals surface area contributed by atoms with Gasteiger partial charge in [-0.05, 0) is 90.0 Å². The zero-order chi connectivity index (χ0) is 26.8. The van der Waals surface area contributed by atoms with Crippen molar-refractivity contribution in [3.63, 3.8) is 0 Å². The summed E-state index contributed by atoms with van der Waals surface area (Å²) in [5, 5.41) is 4.53. The second-order valence-corrected chi connectivity index (χ2v) is 10.7. The highest BCUT2D eigenvalue weighted by atomic mass is 35.5. The van der Waals surface area contributed by atoms with Gasteiger partial charge in [-0.1, -0.05) is 65.7 Å². The largest absolute Gasteiger partial charge is 0.493 e. The first-order valence-electron chi connectivity index (χ1n) is 13.3. The topological polar surface area (TPSA) is 42.8 Å². The summed E-state index contributed by atoms with van der Waals surface area (Å²) in [5.74, 6) is 2.35. The Morgan fingerprint density at radius 3 is 2.56 bits per heavy atom. The fourth-order valence-electron chi connectivity index (χ4n) is 5.59. The van der Waals surface area contributed by atoms with Crippen LogP contribution in [-0.4, -0.2) is 13.3 Å². The van der Waals surface area contributed by atoms with E-state index >= 15 is 0 Å². The summed E-state index contributed by atoms with van der Waals surface area (Å²) in [6.45, 7) is 2.60. The molecule has 3 atom stereocenters. The van der Waals surface area contributed by atoms with Crippen molar-refractivity contribution in [1.82, 2.24) is 0 Å². The third kappa shape index (κ3) is 5.43. The van der Waals surface area contributed by atoms with Gasteiger partial charge in [0.15, 0.2) is 11.5 Å². The summed E-state index contributed by atoms with van der Waals surface area (Å²) >= 11 is 5.97. The predicted octanol–water partition coefficient (Wildman–Crippen LogP) is 8.81. The smallest absolute Gasteiger partial charge is 0.161 e. The van der Waals surface area contributed by atoms with Gasteiger partial charge < -0.3 is 14.8 Å². The van der Waals surface area contributed by atoms with Crippen LogP contribution in [-0.2, 0) is 6.61 Å². The van der Waals surface area contributed by atoms with E-state index in [0.717, 1.165) is 23.2 Å². The minimum absolute atomic E-state index is 0.280. The fraction of sp³-hybridized carbons (Fsp3) is 0.206. The van der Waals surface area contributed by atoms with Crippen LogP contribution in [0.2, 0.25) is 5.02 Å². The van der Waals surface area contributed by atoms with Crippen LogP contribution in [0.4, 0.5) is 11.4 Å². The number of rotatable bonds is 7. The Morgan fingerprint density at radius 2 is 1.77 bits per heavy atom. The number of allylic oxidation sites excluding steroid dienone is 2. The monoisotopic (exact) mass is 534 g/mol. The summed E-state index contributed by atoms with van der Waals surface area (Å²) < 4.78 is 11.6. The summed E-state index contributed by atoms with van der Waals surface area (Å²) in [4.78, 5) is 4.72. The highest BCUT2D eigenvalue weighted by molar-refractivity contribution is 6.30. The van der Waals surface area contributed by atoms with Gasteiger partial charge in [0.05, 0.1) is 18.8 Å². The van der Waals surface area contributed by atoms with Gasteiger partial charge in [-0.25, -0.2) is 0 Å². The molecule has 0 spiro atoms. The molecule has 6 rings (SSSR count). The number of ether oxygens (including phenoxy) is 2. The van der Waals surface area contributed by atoms with Crippen LogP contribution in [0.3, 0.4) is 0 Å². The lowest BCUT2D eigenvalue weighted by Gasteiger charge is -2.37. The molecule has 0 radical (unpaired) electrons. The Morgan fingerprint density at radius 1 is 0.949 bits per heavy atom. The first-order chi connectivity index (χ1) is 19.1. The molecule has 0 aromatic heterocycles. The molecule has 4 aromatic carbocycles. The molecule has 1 aliphatic heterocycles. The minimum Gasteiger partial charge on any atom is -0.493 e. The zero-order valence-corrected chi connectivity index (χ0v) is 22.9. The lowest BCUT2D eigenvalue weighted by molar-refractivity contribution is 0.284. The second kappa shape index (κ2) is 11.0. The molecular weight excluding hydrogens is 504 g/mol. The molecular formula is C34H31ClN2O2. The van der Waals surface area contributed by atoms with E-state index in [2.05, 4.69) is 66.9 Å². The van der Waals surface area contributed by atoms with Crippen LogP contribution in [0.1, 0.15) is 46.2 Å². The van der Waals surface area contributed by atoms with Crippen molar-refractivity contribution >= 4 is 29.2 Å². The number of nitrogens with zero attached hydrogens (tertiary/aromatic N) is 1. The highest BCUT2D eigenvalue weighted by Gasteiger charge is 2.37. The minimum atomic E-state index is 0.280. The molecule has 196 valence electrons. The number of aliphatic imine (C=N–C) groups is 1. The number of aryl methyl sites for hydroxylation is 1. The molecule has 4 aromatic rings. The van der Waals surface area contributed by atoms with E-state index in [1.807, 2.05) is 48.7 Å². The lowest BCUT2D eigenvalue weighted by Crippen LogP contribution is -2.29. The maximum Gasteiger partial charge on any atom is 0.161 e. The Kier molecular flexibility index (Phi) is 7.12. The van der Waals surface area contributed by atoms with Gasteiger partial charge in [-0.3, -0.25) is 4.99 Å². The van der Waals surface area contributed by atoms with E-state index in [-0.39, 0.29) is 6.04 Å². The molecule has 5 heteroatoms. The van der Waals surface area contributed by atoms with Gasteiger partial charge in [0.25, 0.3) is 0 Å². The number of fused-ring (bicyclic) bond motifs is 3. The van der Waals surface area contributed by atoms with Crippen LogP contribution in [0.15, 0.2) is 102 Å². The number of nitrogens with one attached hydrogen (secondary N) is 1. The summed E-state index contributed by atoms with van der Waals surface area (Å²) in [7, 11) is 1.65. The van der Waals surface area contributed by atoms with Crippen molar-refractivity contribution < 1.29 is 9.47 Å². The van der Waals surface area contributed by atoms with Crippen LogP contribution in [0, 0.1) is 12.8 Å². The Hall–Kier alpha value is -4.02. The van der Waals surface area contributed by atoms with E-state index < -0.39 is 0 Å². The van der Waals surface area contributed by atoms with Gasteiger partial charge in [0.2, 0.25) is 0 Å². The zero-order valence-electron chi connectivity index (χ0n) is 22.1. The number of hydrogen-bond acceptors (Lipinski definition) is 4. The van der Waals surface area contributed by atoms with E-state index in [4.69, 9.17) is 26.1 Å². The second-order valence-electron chi connectivity index (χ2n) is 10.2. The average Bonchev–Trinajstić information content (AvgIpc) is 3.46. The Balaban J connectivity index is 1.14. The quantitative estimate of drug-likeness (QED) is 0.190. The molecule has 1 aliphatic carbocycles. The Labute approximate surface area is 235 Å². The molecule has 0 unspecified atom stereocenters. The van der Waals surface area contributed by atoms with E-state index in [1.54, 1.807) is 7.11 Å². The van der Waals surface area contributed by atoms with Crippen molar-refractivity contribution in [2.24, 2.45) is 10.9 Å². The molecule has 39 heavy (non-hydrogen) atoms. The summed E-state index contributed by atoms with van der Waals surface area (Å²) in [6, 6.07) is 29.1. The van der Waals surface area contributed by atoms with Crippen molar-refractivity contribution in [3.8, 4) is 11.5 Å². The molecule has 0 saturated carbocycles. The number of anilines is 1. The molecule has 0 fully saturated rings. The van der Waals surface area contributed by atoms with Crippen molar-refractivity contribution in [1.29, 1.82) is 0 Å². The van der Waals surface area contributed by atoms with Gasteiger partial charge in [0.1, 0.15) is 6.61 Å². The maximum absolute atomic E-state index is 5.98. The van der Waals surface area contributed by atoms with Crippen molar-refractivity contribution in [3.05, 3.63) is 130 Å². The fourth-order valence-corrected chi connectivity index (χ4v) is 5.71. The van der Waals surface area contributed by atoms with Gasteiger partial charge in [0, 0.05) is 22.8 Å². The first-order valence-corrected chi connectivity index (χ1v) is 13.7. The molecule has 2 aliphatic rings. The highest BCUT2D eigenvalue weighted by Crippen LogP contribution is 2.50. The molecule has 4 nitrogen and oxygen atoms in total. The van der Waals surface area contributed by atoms with E-state index in [1.165, 1.54) is 22.4 Å². The van der Waals surface area contributed by atoms with E-state index in [9.17, 15) is 0 Å². The van der Waals surface area contributed by atoms with Crippen LogP contribution in [0.5, 0.6) is 11.5 Å². The molecule has 0 amide bonds. The predicted molar refractivity (Wildman–Crippen MR) is 160 cm³/mol. The molecule has 1 N–H and O–H groups in total. The summed E-state index contributed by atoms with van der Waals surface area (Å²) in [5.41, 5.74) is 8.16. The van der Waals surface area contributed by atoms with Crippen LogP contribution < -0.4 is 14.8 Å². The third-order valence-corrected chi connectivity index (χ3v) is 7.88. The SMILES string of the molecule is COc1cc(C=Nc2ccc([C@@H]3Nc4ccc(C)cc4[C@@H]4C=CC[C@H]43)cc2)ccc1OCc1ccc(Cl)cc1. The van der Waals surface area contributed by atoms with Crippen LogP contribution >= 0.6 is 11.6 Å². The molecule has 1 heterocycles. The maximum atomic E-state index is 5.98. The first kappa shape index (κ1) is 25.3. The number of benzene rings is 4. The Bertz CT molecular complexity index is 1530. The number of hydrogen-bond donors (Lipinski definition) is 1. The average molecular weight is 535 g/mol. The standard InChI is InChI=1S/C34H31ClN2O2/c1-22-6-16-31-30(18-22)28-4-3-5-29(28)34(37-31)25-10-14-27(15-11-25)36-20-24-9-17-32(33(19-24)38-2)39-21-23-7-12-26(35)13-8-23/h3-4,6-20,28-29,34,37H,5,21H2,1-2H3/t28-,29-,34+/m1/s1. The van der Waals surface area contributed by atoms with Crippen molar-refractivity contribution in [2.45, 2.75) is 31.9 Å². The molecule has 0 bridgehead atoms. The summed E-state index contributed by atoms with van der Waals surface area (Å²) in [6.07, 6.45) is 7.67. The number of methoxy groups -OCH3 is 1. The molecule has 0 saturated heterocycles. The van der Waals surface area contributed by atoms with Gasteiger partial charge >= 0.3 is 0 Å². The van der Waals surface area contributed by atoms with Gasteiger partial charge in [-0.15, -0.1) is 0 Å². The van der Waals surface area contributed by atoms with Crippen LogP contribution in [0.25, 0.3) is 0 Å². The van der Waals surface area contributed by atoms with Gasteiger partial charge in [-0.2, -0.15) is 0 Å².